The fraction of sp³-hybridized carbons (Fsp3) is 0.167. The van der Waals surface area contributed by atoms with Gasteiger partial charge in [0.15, 0.2) is 19.7 Å². The van der Waals surface area contributed by atoms with Gasteiger partial charge in [-0.05, 0) is 43.3 Å². The molecule has 0 spiro atoms. The SMILES string of the molecule is Cc1ccc(S(=O)(=O)CC(=O)Nc2nnc(-c3ccc(S(C)(=O)=O)cc3)o2)cc1. The lowest BCUT2D eigenvalue weighted by atomic mass is 10.2. The van der Waals surface area contributed by atoms with Crippen molar-refractivity contribution in [3.8, 4) is 11.5 Å². The molecule has 0 aliphatic rings. The summed E-state index contributed by atoms with van der Waals surface area (Å²) in [6.45, 7) is 1.82. The Balaban J connectivity index is 1.69. The number of carbonyl (C=O) groups excluding carboxylic acids is 1. The standard InChI is InChI=1S/C18H17N3O6S2/c1-12-3-7-15(8-4-12)29(25,26)11-16(22)19-18-21-20-17(27-18)13-5-9-14(10-6-13)28(2,23)24/h3-10H,11H2,1-2H3,(H,19,21,22). The van der Waals surface area contributed by atoms with Crippen LogP contribution >= 0.6 is 0 Å². The van der Waals surface area contributed by atoms with Gasteiger partial charge in [-0.1, -0.05) is 22.8 Å². The number of benzene rings is 2. The lowest BCUT2D eigenvalue weighted by Crippen LogP contribution is -2.23. The molecule has 3 aromatic rings. The Morgan fingerprint density at radius 3 is 2.10 bits per heavy atom. The smallest absolute Gasteiger partial charge is 0.322 e. The summed E-state index contributed by atoms with van der Waals surface area (Å²) in [4.78, 5) is 12.3. The highest BCUT2D eigenvalue weighted by atomic mass is 32.2. The molecule has 1 heterocycles. The summed E-state index contributed by atoms with van der Waals surface area (Å²) in [6, 6.07) is 11.6. The Morgan fingerprint density at radius 1 is 0.931 bits per heavy atom. The van der Waals surface area contributed by atoms with E-state index in [0.29, 0.717) is 5.56 Å². The number of carbonyl (C=O) groups is 1. The van der Waals surface area contributed by atoms with Crippen LogP contribution in [0, 0.1) is 6.92 Å². The second kappa shape index (κ2) is 7.76. The number of sulfone groups is 2. The first-order chi connectivity index (χ1) is 13.5. The maximum Gasteiger partial charge on any atom is 0.322 e. The van der Waals surface area contributed by atoms with Gasteiger partial charge in [-0.25, -0.2) is 16.8 Å². The van der Waals surface area contributed by atoms with Crippen molar-refractivity contribution in [1.29, 1.82) is 0 Å². The normalized spacial score (nSPS) is 11.9. The fourth-order valence-corrected chi connectivity index (χ4v) is 4.16. The van der Waals surface area contributed by atoms with Crippen molar-refractivity contribution in [1.82, 2.24) is 10.2 Å². The quantitative estimate of drug-likeness (QED) is 0.619. The number of aromatic nitrogens is 2. The molecular weight excluding hydrogens is 418 g/mol. The zero-order valence-electron chi connectivity index (χ0n) is 15.5. The van der Waals surface area contributed by atoms with Gasteiger partial charge in [-0.15, -0.1) is 5.10 Å². The molecule has 0 saturated heterocycles. The summed E-state index contributed by atoms with van der Waals surface area (Å²) < 4.78 is 52.9. The van der Waals surface area contributed by atoms with Crippen LogP contribution in [0.25, 0.3) is 11.5 Å². The van der Waals surface area contributed by atoms with E-state index in [0.717, 1.165) is 11.8 Å². The van der Waals surface area contributed by atoms with E-state index in [1.165, 1.54) is 36.4 Å². The number of amides is 1. The molecule has 0 aliphatic heterocycles. The van der Waals surface area contributed by atoms with Crippen molar-refractivity contribution in [2.45, 2.75) is 16.7 Å². The van der Waals surface area contributed by atoms with E-state index in [1.54, 1.807) is 12.1 Å². The zero-order valence-corrected chi connectivity index (χ0v) is 17.1. The lowest BCUT2D eigenvalue weighted by Gasteiger charge is -2.04. The van der Waals surface area contributed by atoms with E-state index in [-0.39, 0.29) is 21.7 Å². The van der Waals surface area contributed by atoms with Crippen LogP contribution in [-0.4, -0.2) is 44.9 Å². The molecule has 0 saturated carbocycles. The van der Waals surface area contributed by atoms with Crippen molar-refractivity contribution >= 4 is 31.6 Å². The second-order valence-corrected chi connectivity index (χ2v) is 10.3. The van der Waals surface area contributed by atoms with Gasteiger partial charge in [-0.3, -0.25) is 10.1 Å². The molecule has 1 aromatic heterocycles. The minimum atomic E-state index is -3.82. The molecule has 3 rings (SSSR count). The van der Waals surface area contributed by atoms with Crippen LogP contribution in [0.15, 0.2) is 62.7 Å². The van der Waals surface area contributed by atoms with Gasteiger partial charge in [0.2, 0.25) is 11.8 Å². The third-order valence-corrected chi connectivity index (χ3v) is 6.66. The van der Waals surface area contributed by atoms with Crippen LogP contribution in [0.3, 0.4) is 0 Å². The van der Waals surface area contributed by atoms with E-state index in [2.05, 4.69) is 15.5 Å². The second-order valence-electron chi connectivity index (χ2n) is 6.33. The largest absolute Gasteiger partial charge is 0.403 e. The Kier molecular flexibility index (Phi) is 5.53. The summed E-state index contributed by atoms with van der Waals surface area (Å²) in [5.41, 5.74) is 1.34. The monoisotopic (exact) mass is 435 g/mol. The summed E-state index contributed by atoms with van der Waals surface area (Å²) >= 11 is 0. The predicted molar refractivity (Wildman–Crippen MR) is 105 cm³/mol. The fourth-order valence-electron chi connectivity index (χ4n) is 2.39. The maximum atomic E-state index is 12.3. The molecule has 0 radical (unpaired) electrons. The number of anilines is 1. The number of nitrogens with one attached hydrogen (secondary N) is 1. The van der Waals surface area contributed by atoms with Crippen LogP contribution in [0.4, 0.5) is 6.01 Å². The maximum absolute atomic E-state index is 12.3. The molecular formula is C18H17N3O6S2. The van der Waals surface area contributed by atoms with E-state index in [1.807, 2.05) is 6.92 Å². The highest BCUT2D eigenvalue weighted by Gasteiger charge is 2.21. The van der Waals surface area contributed by atoms with E-state index in [9.17, 15) is 21.6 Å². The van der Waals surface area contributed by atoms with Crippen LogP contribution in [-0.2, 0) is 24.5 Å². The van der Waals surface area contributed by atoms with Crippen LogP contribution in [0.5, 0.6) is 0 Å². The number of nitrogens with zero attached hydrogens (tertiary/aromatic N) is 2. The predicted octanol–water partition coefficient (Wildman–Crippen LogP) is 1.86. The van der Waals surface area contributed by atoms with Crippen molar-refractivity contribution < 1.29 is 26.0 Å². The molecule has 152 valence electrons. The van der Waals surface area contributed by atoms with Gasteiger partial charge in [0.1, 0.15) is 5.75 Å². The molecule has 1 N–H and O–H groups in total. The van der Waals surface area contributed by atoms with Gasteiger partial charge in [0, 0.05) is 11.8 Å². The molecule has 2 aromatic carbocycles. The van der Waals surface area contributed by atoms with Gasteiger partial charge in [0.05, 0.1) is 9.79 Å². The molecule has 0 atom stereocenters. The summed E-state index contributed by atoms with van der Waals surface area (Å²) in [6.07, 6.45) is 1.09. The van der Waals surface area contributed by atoms with E-state index in [4.69, 9.17) is 4.42 Å². The van der Waals surface area contributed by atoms with E-state index < -0.39 is 31.3 Å². The number of aryl methyl sites for hydroxylation is 1. The molecule has 11 heteroatoms. The average molecular weight is 435 g/mol. The zero-order chi connectivity index (χ0) is 21.2. The Bertz CT molecular complexity index is 1250. The van der Waals surface area contributed by atoms with Gasteiger partial charge in [0.25, 0.3) is 0 Å². The molecule has 0 fully saturated rings. The van der Waals surface area contributed by atoms with E-state index >= 15 is 0 Å². The summed E-state index contributed by atoms with van der Waals surface area (Å²) in [7, 11) is -7.16. The Morgan fingerprint density at radius 2 is 1.52 bits per heavy atom. The number of rotatable bonds is 6. The third-order valence-electron chi connectivity index (χ3n) is 3.90. The molecule has 29 heavy (non-hydrogen) atoms. The van der Waals surface area contributed by atoms with Crippen LogP contribution in [0.2, 0.25) is 0 Å². The molecule has 0 bridgehead atoms. The highest BCUT2D eigenvalue weighted by Crippen LogP contribution is 2.22. The first-order valence-electron chi connectivity index (χ1n) is 8.28. The first kappa shape index (κ1) is 20.7. The lowest BCUT2D eigenvalue weighted by molar-refractivity contribution is -0.114. The number of hydrogen-bond acceptors (Lipinski definition) is 8. The minimum absolute atomic E-state index is 0.0374. The van der Waals surface area contributed by atoms with Crippen LogP contribution < -0.4 is 5.32 Å². The Hall–Kier alpha value is -3.05. The van der Waals surface area contributed by atoms with Crippen LogP contribution in [0.1, 0.15) is 5.56 Å². The topological polar surface area (TPSA) is 136 Å². The first-order valence-corrected chi connectivity index (χ1v) is 11.8. The van der Waals surface area contributed by atoms with Crippen molar-refractivity contribution in [2.24, 2.45) is 0 Å². The molecule has 0 unspecified atom stereocenters. The molecule has 9 nitrogen and oxygen atoms in total. The van der Waals surface area contributed by atoms with Crippen molar-refractivity contribution in [2.75, 3.05) is 17.3 Å². The average Bonchev–Trinajstić information content (AvgIpc) is 3.09. The van der Waals surface area contributed by atoms with Crippen molar-refractivity contribution in [3.63, 3.8) is 0 Å². The van der Waals surface area contributed by atoms with Gasteiger partial charge in [-0.2, -0.15) is 0 Å². The number of hydrogen-bond donors (Lipinski definition) is 1. The van der Waals surface area contributed by atoms with Gasteiger partial charge < -0.3 is 4.42 Å². The third kappa shape index (κ3) is 5.06. The minimum Gasteiger partial charge on any atom is -0.403 e. The van der Waals surface area contributed by atoms with Crippen molar-refractivity contribution in [3.05, 3.63) is 54.1 Å². The highest BCUT2D eigenvalue weighted by molar-refractivity contribution is 7.92. The molecule has 0 aliphatic carbocycles. The van der Waals surface area contributed by atoms with Gasteiger partial charge >= 0.3 is 6.01 Å². The summed E-state index contributed by atoms with van der Waals surface area (Å²) in [5.74, 6) is -1.56. The summed E-state index contributed by atoms with van der Waals surface area (Å²) in [5, 5.41) is 9.67. The Labute approximate surface area is 167 Å². The molecule has 1 amide bonds.